The molecule has 1 aliphatic heterocycles. The van der Waals surface area contributed by atoms with Gasteiger partial charge in [-0.1, -0.05) is 27.7 Å². The molecule has 2 nitrogen and oxygen atoms in total. The first-order valence-electron chi connectivity index (χ1n) is 4.76. The molecule has 0 bridgehead atoms. The van der Waals surface area contributed by atoms with E-state index in [-0.39, 0.29) is 5.91 Å². The van der Waals surface area contributed by atoms with Gasteiger partial charge in [0.1, 0.15) is 0 Å². The van der Waals surface area contributed by atoms with Crippen LogP contribution in [0, 0.1) is 17.8 Å². The molecule has 0 aromatic heterocycles. The quantitative estimate of drug-likeness (QED) is 0.699. The van der Waals surface area contributed by atoms with E-state index in [0.29, 0.717) is 23.5 Å². The smallest absolute Gasteiger partial charge is 0.256 e. The molecule has 0 atom stereocenters. The Bertz CT molecular complexity index is 225. The van der Waals surface area contributed by atoms with Gasteiger partial charge in [0.15, 0.2) is 0 Å². The molecule has 0 aromatic carbocycles. The first kappa shape index (κ1) is 10.8. The fourth-order valence-corrected chi connectivity index (χ4v) is 3.07. The molecule has 0 unspecified atom stereocenters. The Kier molecular flexibility index (Phi) is 3.54. The molecule has 3 heteroatoms. The molecule has 0 fully saturated rings. The van der Waals surface area contributed by atoms with E-state index in [2.05, 4.69) is 32.7 Å². The number of rotatable bonds is 3. The van der Waals surface area contributed by atoms with Crippen LogP contribution in [0.3, 0.4) is 0 Å². The van der Waals surface area contributed by atoms with Gasteiger partial charge in [0.25, 0.3) is 5.91 Å². The summed E-state index contributed by atoms with van der Waals surface area (Å²) in [6.45, 7) is 8.76. The third-order valence-electron chi connectivity index (χ3n) is 2.30. The molecule has 0 aromatic rings. The van der Waals surface area contributed by atoms with Gasteiger partial charge in [0.05, 0.1) is 10.8 Å². The molecule has 0 saturated carbocycles. The van der Waals surface area contributed by atoms with Gasteiger partial charge in [-0.15, -0.1) is 11.8 Å². The van der Waals surface area contributed by atoms with Crippen molar-refractivity contribution in [2.75, 3.05) is 5.75 Å². The molecule has 0 aliphatic carbocycles. The predicted molar refractivity (Wildman–Crippen MR) is 58.1 cm³/mol. The second-order valence-electron chi connectivity index (χ2n) is 4.15. The molecule has 1 aliphatic rings. The van der Waals surface area contributed by atoms with Gasteiger partial charge >= 0.3 is 0 Å². The monoisotopic (exact) mass is 199 g/mol. The highest BCUT2D eigenvalue weighted by molar-refractivity contribution is 8.15. The highest BCUT2D eigenvalue weighted by Gasteiger charge is 2.28. The first-order valence-corrected chi connectivity index (χ1v) is 5.75. The number of thioether (sulfide) groups is 1. The van der Waals surface area contributed by atoms with Crippen molar-refractivity contribution >= 4 is 22.7 Å². The van der Waals surface area contributed by atoms with Crippen LogP contribution in [0.1, 0.15) is 27.7 Å². The zero-order chi connectivity index (χ0) is 10.0. The van der Waals surface area contributed by atoms with Gasteiger partial charge in [-0.3, -0.25) is 4.79 Å². The molecule has 1 amide bonds. The Labute approximate surface area is 84.2 Å². The maximum atomic E-state index is 11.0. The Hall–Kier alpha value is -0.310. The molecular formula is C10H17NOS. The molecule has 1 rings (SSSR count). The zero-order valence-corrected chi connectivity index (χ0v) is 9.52. The van der Waals surface area contributed by atoms with Gasteiger partial charge in [-0.2, -0.15) is 0 Å². The van der Waals surface area contributed by atoms with Crippen molar-refractivity contribution in [1.82, 2.24) is 0 Å². The minimum Gasteiger partial charge on any atom is -0.272 e. The molecule has 0 saturated heterocycles. The number of hydrogen-bond acceptors (Lipinski definition) is 2. The highest BCUT2D eigenvalue weighted by Crippen LogP contribution is 2.30. The molecule has 13 heavy (non-hydrogen) atoms. The van der Waals surface area contributed by atoms with Crippen molar-refractivity contribution in [3.05, 3.63) is 0 Å². The third kappa shape index (κ3) is 2.56. The predicted octanol–water partition coefficient (Wildman–Crippen LogP) is 2.59. The average Bonchev–Trinajstić information content (AvgIpc) is 2.34. The van der Waals surface area contributed by atoms with Crippen LogP contribution in [0.15, 0.2) is 4.99 Å². The largest absolute Gasteiger partial charge is 0.272 e. The van der Waals surface area contributed by atoms with Crippen molar-refractivity contribution in [3.63, 3.8) is 0 Å². The maximum absolute atomic E-state index is 11.0. The van der Waals surface area contributed by atoms with Crippen LogP contribution in [0.5, 0.6) is 0 Å². The highest BCUT2D eigenvalue weighted by atomic mass is 32.2. The Morgan fingerprint density at radius 3 is 2.08 bits per heavy atom. The van der Waals surface area contributed by atoms with Crippen LogP contribution in [0.25, 0.3) is 0 Å². The molecule has 0 spiro atoms. The molecule has 0 radical (unpaired) electrons. The van der Waals surface area contributed by atoms with Crippen LogP contribution < -0.4 is 0 Å². The number of aliphatic imine (C=N–C) groups is 1. The summed E-state index contributed by atoms with van der Waals surface area (Å²) in [5.74, 6) is 2.17. The van der Waals surface area contributed by atoms with Crippen LogP contribution in [-0.4, -0.2) is 16.7 Å². The minimum absolute atomic E-state index is 0.0336. The van der Waals surface area contributed by atoms with Crippen LogP contribution >= 0.6 is 11.8 Å². The Morgan fingerprint density at radius 2 is 1.77 bits per heavy atom. The van der Waals surface area contributed by atoms with Crippen LogP contribution in [0.2, 0.25) is 0 Å². The zero-order valence-electron chi connectivity index (χ0n) is 8.70. The molecule has 1 heterocycles. The third-order valence-corrected chi connectivity index (χ3v) is 3.35. The lowest BCUT2D eigenvalue weighted by molar-refractivity contribution is -0.115. The van der Waals surface area contributed by atoms with Crippen LogP contribution in [0.4, 0.5) is 0 Å². The number of hydrogen-bond donors (Lipinski definition) is 0. The normalized spacial score (nSPS) is 17.8. The Morgan fingerprint density at radius 1 is 1.23 bits per heavy atom. The van der Waals surface area contributed by atoms with Gasteiger partial charge < -0.3 is 0 Å². The van der Waals surface area contributed by atoms with Crippen LogP contribution in [-0.2, 0) is 4.79 Å². The fraction of sp³-hybridized carbons (Fsp3) is 0.800. The van der Waals surface area contributed by atoms with E-state index < -0.39 is 0 Å². The summed E-state index contributed by atoms with van der Waals surface area (Å²) in [6, 6.07) is 0. The summed E-state index contributed by atoms with van der Waals surface area (Å²) in [5, 5.41) is 1.05. The van der Waals surface area contributed by atoms with E-state index in [0.717, 1.165) is 5.04 Å². The van der Waals surface area contributed by atoms with Gasteiger partial charge in [0.2, 0.25) is 0 Å². The maximum Gasteiger partial charge on any atom is 0.256 e. The average molecular weight is 199 g/mol. The lowest BCUT2D eigenvalue weighted by atomic mass is 9.86. The summed E-state index contributed by atoms with van der Waals surface area (Å²) in [5.41, 5.74) is 0. The summed E-state index contributed by atoms with van der Waals surface area (Å²) >= 11 is 1.62. The first-order chi connectivity index (χ1) is 6.02. The summed E-state index contributed by atoms with van der Waals surface area (Å²) < 4.78 is 0. The number of nitrogens with zero attached hydrogens (tertiary/aromatic N) is 1. The lowest BCUT2D eigenvalue weighted by Crippen LogP contribution is -2.22. The van der Waals surface area contributed by atoms with E-state index in [1.54, 1.807) is 11.8 Å². The van der Waals surface area contributed by atoms with Crippen molar-refractivity contribution in [1.29, 1.82) is 0 Å². The van der Waals surface area contributed by atoms with Gasteiger partial charge in [-0.05, 0) is 11.8 Å². The van der Waals surface area contributed by atoms with E-state index in [1.807, 2.05) is 0 Å². The fourth-order valence-electron chi connectivity index (χ4n) is 1.83. The van der Waals surface area contributed by atoms with E-state index >= 15 is 0 Å². The van der Waals surface area contributed by atoms with E-state index in [4.69, 9.17) is 0 Å². The minimum atomic E-state index is 0.0336. The number of amides is 1. The molecule has 74 valence electrons. The van der Waals surface area contributed by atoms with E-state index in [9.17, 15) is 4.79 Å². The molecule has 0 N–H and O–H groups in total. The van der Waals surface area contributed by atoms with Gasteiger partial charge in [-0.25, -0.2) is 4.99 Å². The molecular weight excluding hydrogens is 182 g/mol. The second-order valence-corrected chi connectivity index (χ2v) is 5.14. The topological polar surface area (TPSA) is 29.4 Å². The van der Waals surface area contributed by atoms with E-state index in [1.165, 1.54) is 0 Å². The van der Waals surface area contributed by atoms with Crippen molar-refractivity contribution in [2.45, 2.75) is 27.7 Å². The summed E-state index contributed by atoms with van der Waals surface area (Å²) in [4.78, 5) is 15.1. The van der Waals surface area contributed by atoms with Crippen molar-refractivity contribution < 1.29 is 4.79 Å². The number of carbonyl (C=O) groups is 1. The summed E-state index contributed by atoms with van der Waals surface area (Å²) in [7, 11) is 0. The van der Waals surface area contributed by atoms with Crippen molar-refractivity contribution in [2.24, 2.45) is 22.7 Å². The second kappa shape index (κ2) is 4.27. The number of carbonyl (C=O) groups excluding carboxylic acids is 1. The SMILES string of the molecule is CC(C)C(C1=NC(=O)CS1)C(C)C. The lowest BCUT2D eigenvalue weighted by Gasteiger charge is -2.23. The van der Waals surface area contributed by atoms with Crippen molar-refractivity contribution in [3.8, 4) is 0 Å². The standard InChI is InChI=1S/C10H17NOS/c1-6(2)9(7(3)4)10-11-8(12)5-13-10/h6-7,9H,5H2,1-4H3. The summed E-state index contributed by atoms with van der Waals surface area (Å²) in [6.07, 6.45) is 0. The van der Waals surface area contributed by atoms with Gasteiger partial charge in [0, 0.05) is 5.92 Å². The Balaban J connectivity index is 2.76.